The van der Waals surface area contributed by atoms with Crippen molar-refractivity contribution in [2.75, 3.05) is 0 Å². The maximum atomic E-state index is 12.4. The number of carbonyl (C=O) groups excluding carboxylic acids is 1. The quantitative estimate of drug-likeness (QED) is 0.630. The lowest BCUT2D eigenvalue weighted by Crippen LogP contribution is -2.57. The summed E-state index contributed by atoms with van der Waals surface area (Å²) in [6, 6.07) is 0. The molecule has 0 radical (unpaired) electrons. The molecule has 1 aromatic heterocycles. The van der Waals surface area contributed by atoms with Crippen LogP contribution in [0.3, 0.4) is 0 Å². The summed E-state index contributed by atoms with van der Waals surface area (Å²) in [5.41, 5.74) is 0.418. The van der Waals surface area contributed by atoms with Gasteiger partial charge in [-0.1, -0.05) is 32.5 Å². The fourth-order valence-electron chi connectivity index (χ4n) is 4.09. The van der Waals surface area contributed by atoms with Crippen LogP contribution < -0.4 is 0 Å². The van der Waals surface area contributed by atoms with Gasteiger partial charge >= 0.3 is 5.97 Å². The third kappa shape index (κ3) is 2.55. The lowest BCUT2D eigenvalue weighted by Gasteiger charge is -2.61. The van der Waals surface area contributed by atoms with Crippen molar-refractivity contribution >= 4 is 17.7 Å². The summed E-state index contributed by atoms with van der Waals surface area (Å²) in [5.74, 6) is 1.71. The minimum atomic E-state index is -0.263. The molecule has 5 nitrogen and oxygen atoms in total. The second-order valence-electron chi connectivity index (χ2n) is 7.42. The Hall–Kier alpha value is -1.04. The van der Waals surface area contributed by atoms with E-state index in [0.29, 0.717) is 23.2 Å². The van der Waals surface area contributed by atoms with Gasteiger partial charge in [0.15, 0.2) is 5.16 Å². The van der Waals surface area contributed by atoms with Gasteiger partial charge in [-0.2, -0.15) is 0 Å². The molecule has 122 valence electrons. The molecule has 3 aliphatic rings. The first-order valence-electron chi connectivity index (χ1n) is 8.01. The molecular weight excluding hydrogens is 298 g/mol. The Labute approximate surface area is 136 Å². The lowest BCUT2D eigenvalue weighted by atomic mass is 9.45. The molecule has 1 heterocycles. The van der Waals surface area contributed by atoms with Crippen molar-refractivity contribution in [3.63, 3.8) is 0 Å². The molecule has 5 atom stereocenters. The van der Waals surface area contributed by atoms with Gasteiger partial charge in [-0.15, -0.1) is 10.2 Å². The molecule has 0 saturated heterocycles. The zero-order valence-corrected chi connectivity index (χ0v) is 14.8. The standard InChI is InChI=1S/C16H25N3O2S/c1-9-12-6-11(16(12,3)4)7-13(9)21-14(20)10(2)22-15-18-17-8-19(15)5/h8-13H,6-7H2,1-5H3/t9-,10-,11+,12-,13-/m0/s1. The number of fused-ring (bicyclic) bond motifs is 2. The Balaban J connectivity index is 1.57. The van der Waals surface area contributed by atoms with E-state index in [1.165, 1.54) is 18.2 Å². The van der Waals surface area contributed by atoms with Crippen molar-refractivity contribution in [3.8, 4) is 0 Å². The number of rotatable bonds is 4. The Morgan fingerprint density at radius 2 is 2.23 bits per heavy atom. The number of nitrogens with zero attached hydrogens (tertiary/aromatic N) is 3. The first kappa shape index (κ1) is 15.8. The lowest BCUT2D eigenvalue weighted by molar-refractivity contribution is -0.185. The highest BCUT2D eigenvalue weighted by molar-refractivity contribution is 8.00. The van der Waals surface area contributed by atoms with Crippen molar-refractivity contribution in [1.29, 1.82) is 0 Å². The van der Waals surface area contributed by atoms with Crippen molar-refractivity contribution < 1.29 is 9.53 Å². The second kappa shape index (κ2) is 5.55. The highest BCUT2D eigenvalue weighted by Gasteiger charge is 2.57. The SMILES string of the molecule is C[C@@H]1[C@@H](OC(=O)[C@H](C)Sc2nncn2C)C[C@H]2C[C@@H]1C2(C)C. The van der Waals surface area contributed by atoms with Gasteiger partial charge in [0.05, 0.1) is 0 Å². The number of aromatic nitrogens is 3. The maximum absolute atomic E-state index is 12.4. The van der Waals surface area contributed by atoms with E-state index in [2.05, 4.69) is 31.0 Å². The molecule has 1 aromatic rings. The molecule has 4 rings (SSSR count). The third-order valence-corrected chi connectivity index (χ3v) is 6.96. The summed E-state index contributed by atoms with van der Waals surface area (Å²) in [4.78, 5) is 12.4. The van der Waals surface area contributed by atoms with Gasteiger partial charge in [0.2, 0.25) is 0 Å². The van der Waals surface area contributed by atoms with Crippen LogP contribution in [0.5, 0.6) is 0 Å². The predicted molar refractivity (Wildman–Crippen MR) is 85.4 cm³/mol. The van der Waals surface area contributed by atoms with Crippen LogP contribution >= 0.6 is 11.8 Å². The fourth-order valence-corrected chi connectivity index (χ4v) is 4.86. The molecular formula is C16H25N3O2S. The van der Waals surface area contributed by atoms with E-state index in [0.717, 1.165) is 11.6 Å². The summed E-state index contributed by atoms with van der Waals surface area (Å²) in [6.07, 6.45) is 4.02. The zero-order valence-electron chi connectivity index (χ0n) is 13.9. The van der Waals surface area contributed by atoms with Gasteiger partial charge in [-0.25, -0.2) is 0 Å². The normalized spacial score (nSPS) is 33.9. The molecule has 0 aromatic carbocycles. The Kier molecular flexibility index (Phi) is 4.00. The second-order valence-corrected chi connectivity index (χ2v) is 8.72. The van der Waals surface area contributed by atoms with Crippen molar-refractivity contribution in [2.45, 2.75) is 57.0 Å². The Morgan fingerprint density at radius 3 is 2.77 bits per heavy atom. The largest absolute Gasteiger partial charge is 0.461 e. The number of ether oxygens (including phenoxy) is 1. The molecule has 3 aliphatic carbocycles. The van der Waals surface area contributed by atoms with Crippen LogP contribution in [0.4, 0.5) is 0 Å². The molecule has 0 spiro atoms. The molecule has 22 heavy (non-hydrogen) atoms. The molecule has 3 fully saturated rings. The molecule has 0 N–H and O–H groups in total. The summed E-state index contributed by atoms with van der Waals surface area (Å²) in [6.45, 7) is 8.82. The maximum Gasteiger partial charge on any atom is 0.319 e. The molecule has 2 bridgehead atoms. The van der Waals surface area contributed by atoms with E-state index in [9.17, 15) is 4.79 Å². The van der Waals surface area contributed by atoms with Crippen molar-refractivity contribution in [2.24, 2.45) is 30.2 Å². The highest BCUT2D eigenvalue weighted by Crippen LogP contribution is 2.61. The molecule has 3 saturated carbocycles. The van der Waals surface area contributed by atoms with Crippen LogP contribution in [0.15, 0.2) is 11.5 Å². The van der Waals surface area contributed by atoms with Crippen LogP contribution in [-0.2, 0) is 16.6 Å². The fraction of sp³-hybridized carbons (Fsp3) is 0.812. The molecule has 6 heteroatoms. The van der Waals surface area contributed by atoms with Gasteiger partial charge in [0, 0.05) is 7.05 Å². The van der Waals surface area contributed by atoms with Crippen LogP contribution in [0.25, 0.3) is 0 Å². The van der Waals surface area contributed by atoms with Gasteiger partial charge in [0.25, 0.3) is 0 Å². The van der Waals surface area contributed by atoms with Gasteiger partial charge < -0.3 is 9.30 Å². The third-order valence-electron chi connectivity index (χ3n) is 5.84. The smallest absolute Gasteiger partial charge is 0.319 e. The van der Waals surface area contributed by atoms with Crippen LogP contribution in [0, 0.1) is 23.2 Å². The number of esters is 1. The number of hydrogen-bond donors (Lipinski definition) is 0. The van der Waals surface area contributed by atoms with E-state index < -0.39 is 0 Å². The average molecular weight is 323 g/mol. The topological polar surface area (TPSA) is 57.0 Å². The van der Waals surface area contributed by atoms with E-state index >= 15 is 0 Å². The van der Waals surface area contributed by atoms with Crippen molar-refractivity contribution in [1.82, 2.24) is 14.8 Å². The molecule has 0 amide bonds. The number of aryl methyl sites for hydroxylation is 1. The van der Waals surface area contributed by atoms with Gasteiger partial charge in [-0.3, -0.25) is 4.79 Å². The van der Waals surface area contributed by atoms with Crippen molar-refractivity contribution in [3.05, 3.63) is 6.33 Å². The van der Waals surface area contributed by atoms with E-state index in [1.807, 2.05) is 18.5 Å². The minimum absolute atomic E-state index is 0.0758. The summed E-state index contributed by atoms with van der Waals surface area (Å²) in [7, 11) is 1.87. The summed E-state index contributed by atoms with van der Waals surface area (Å²) >= 11 is 1.40. The van der Waals surface area contributed by atoms with E-state index in [-0.39, 0.29) is 17.3 Å². The van der Waals surface area contributed by atoms with Crippen LogP contribution in [-0.4, -0.2) is 32.1 Å². The zero-order chi connectivity index (χ0) is 16.1. The Morgan fingerprint density at radius 1 is 1.50 bits per heavy atom. The van der Waals surface area contributed by atoms with Crippen LogP contribution in [0.1, 0.15) is 40.5 Å². The first-order valence-corrected chi connectivity index (χ1v) is 8.89. The van der Waals surface area contributed by atoms with E-state index in [1.54, 1.807) is 6.33 Å². The van der Waals surface area contributed by atoms with E-state index in [4.69, 9.17) is 4.74 Å². The average Bonchev–Trinajstić information content (AvgIpc) is 2.85. The highest BCUT2D eigenvalue weighted by atomic mass is 32.2. The predicted octanol–water partition coefficient (Wildman–Crippen LogP) is 2.91. The van der Waals surface area contributed by atoms with Gasteiger partial charge in [-0.05, 0) is 42.9 Å². The molecule has 0 aliphatic heterocycles. The molecule has 0 unspecified atom stereocenters. The summed E-state index contributed by atoms with van der Waals surface area (Å²) < 4.78 is 7.65. The number of hydrogen-bond acceptors (Lipinski definition) is 5. The first-order chi connectivity index (χ1) is 10.3. The summed E-state index contributed by atoms with van der Waals surface area (Å²) in [5, 5.41) is 8.32. The number of thioether (sulfide) groups is 1. The number of carbonyl (C=O) groups is 1. The monoisotopic (exact) mass is 323 g/mol. The van der Waals surface area contributed by atoms with Crippen LogP contribution in [0.2, 0.25) is 0 Å². The Bertz CT molecular complexity index is 571. The van der Waals surface area contributed by atoms with Gasteiger partial charge in [0.1, 0.15) is 17.7 Å². The minimum Gasteiger partial charge on any atom is -0.461 e.